The lowest BCUT2D eigenvalue weighted by Gasteiger charge is -2.20. The third-order valence-corrected chi connectivity index (χ3v) is 2.49. The van der Waals surface area contributed by atoms with Crippen molar-refractivity contribution in [1.82, 2.24) is 4.98 Å². The molecule has 22 heavy (non-hydrogen) atoms. The lowest BCUT2D eigenvalue weighted by Crippen LogP contribution is -2.42. The maximum Gasteiger partial charge on any atom is 0.419 e. The van der Waals surface area contributed by atoms with E-state index in [1.807, 2.05) is 5.32 Å². The van der Waals surface area contributed by atoms with Crippen LogP contribution in [0.15, 0.2) is 17.4 Å². The second kappa shape index (κ2) is 6.30. The maximum atomic E-state index is 12.7. The van der Waals surface area contributed by atoms with Gasteiger partial charge in [0.15, 0.2) is 5.69 Å². The predicted molar refractivity (Wildman–Crippen MR) is 67.2 cm³/mol. The van der Waals surface area contributed by atoms with Crippen molar-refractivity contribution < 1.29 is 23.1 Å². The number of nitriles is 1. The van der Waals surface area contributed by atoms with Crippen molar-refractivity contribution in [3.63, 3.8) is 0 Å². The van der Waals surface area contributed by atoms with E-state index in [1.165, 1.54) is 6.07 Å². The lowest BCUT2D eigenvalue weighted by molar-refractivity contribution is -0.138. The second-order valence-corrected chi connectivity index (χ2v) is 4.35. The minimum absolute atomic E-state index is 0.363. The van der Waals surface area contributed by atoms with Gasteiger partial charge in [0.2, 0.25) is 0 Å². The van der Waals surface area contributed by atoms with Gasteiger partial charge in [-0.2, -0.15) is 18.4 Å². The van der Waals surface area contributed by atoms with Crippen LogP contribution in [0.1, 0.15) is 18.2 Å². The zero-order chi connectivity index (χ0) is 17.0. The van der Waals surface area contributed by atoms with Crippen LogP contribution in [0, 0.1) is 11.3 Å². The molecule has 1 atom stereocenters. The Morgan fingerprint density at radius 2 is 2.27 bits per heavy atom. The molecule has 0 bridgehead atoms. The van der Waals surface area contributed by atoms with Crippen LogP contribution in [0.2, 0.25) is 0 Å². The highest BCUT2D eigenvalue weighted by Crippen LogP contribution is 2.32. The van der Waals surface area contributed by atoms with Crippen molar-refractivity contribution in [2.24, 2.45) is 5.11 Å². The lowest BCUT2D eigenvalue weighted by atomic mass is 10.1. The van der Waals surface area contributed by atoms with Gasteiger partial charge in [0.1, 0.15) is 11.7 Å². The van der Waals surface area contributed by atoms with Crippen molar-refractivity contribution in [3.8, 4) is 6.07 Å². The molecule has 0 aliphatic heterocycles. The Morgan fingerprint density at radius 3 is 2.77 bits per heavy atom. The zero-order valence-corrected chi connectivity index (χ0v) is 11.1. The van der Waals surface area contributed by atoms with Gasteiger partial charge in [-0.05, 0) is 18.5 Å². The summed E-state index contributed by atoms with van der Waals surface area (Å²) < 4.78 is 38.2. The van der Waals surface area contributed by atoms with Gasteiger partial charge in [-0.15, -0.1) is 0 Å². The number of rotatable bonds is 4. The molecule has 8 nitrogen and oxygen atoms in total. The Labute approximate surface area is 121 Å². The summed E-state index contributed by atoms with van der Waals surface area (Å²) in [5, 5.41) is 23.4. The smallest absolute Gasteiger partial charge is 0.380 e. The topological polar surface area (TPSA) is 135 Å². The van der Waals surface area contributed by atoms with E-state index in [-0.39, 0.29) is 5.69 Å². The van der Waals surface area contributed by atoms with Crippen LogP contribution in [0.4, 0.5) is 18.9 Å². The van der Waals surface area contributed by atoms with Crippen LogP contribution in [0.5, 0.6) is 0 Å². The summed E-state index contributed by atoms with van der Waals surface area (Å²) in [7, 11) is 0. The van der Waals surface area contributed by atoms with E-state index in [0.717, 1.165) is 13.1 Å². The van der Waals surface area contributed by atoms with Crippen molar-refractivity contribution >= 4 is 11.6 Å². The predicted octanol–water partition coefficient (Wildman–Crippen LogP) is 1.97. The number of nitrogens with zero attached hydrogens (tertiary/aromatic N) is 5. The minimum Gasteiger partial charge on any atom is -0.380 e. The number of amides is 1. The molecule has 11 heteroatoms. The summed E-state index contributed by atoms with van der Waals surface area (Å²) in [6.45, 7) is 0.421. The van der Waals surface area contributed by atoms with Gasteiger partial charge in [-0.25, -0.2) is 4.98 Å². The van der Waals surface area contributed by atoms with Crippen LogP contribution < -0.4 is 5.32 Å². The molecule has 1 amide bonds. The molecule has 0 saturated carbocycles. The number of halogens is 3. The van der Waals surface area contributed by atoms with Crippen LogP contribution in [0.25, 0.3) is 10.4 Å². The van der Waals surface area contributed by atoms with Gasteiger partial charge in [-0.3, -0.25) is 4.79 Å². The van der Waals surface area contributed by atoms with Crippen LogP contribution >= 0.6 is 0 Å². The first-order valence-electron chi connectivity index (χ1n) is 5.64. The van der Waals surface area contributed by atoms with Crippen molar-refractivity contribution in [3.05, 3.63) is 34.0 Å². The Balaban J connectivity index is 3.08. The fourth-order valence-corrected chi connectivity index (χ4v) is 1.35. The molecule has 0 fully saturated rings. The van der Waals surface area contributed by atoms with E-state index in [4.69, 9.17) is 10.8 Å². The van der Waals surface area contributed by atoms with E-state index < -0.39 is 35.5 Å². The number of anilines is 1. The Hall–Kier alpha value is -2.83. The fraction of sp³-hybridized carbons (Fsp3) is 0.364. The number of aromatic nitrogens is 1. The Bertz CT molecular complexity index is 673. The molecule has 1 heterocycles. The van der Waals surface area contributed by atoms with Gasteiger partial charge in [0.05, 0.1) is 24.0 Å². The standard InChI is InChI=1S/C11H9F3N6O2/c1-10(22,5-18-20-16)9(21)19-6-2-7(11(12,13)14)8(3-15)17-4-6/h2,4,22H,5H2,1H3,(H,19,21). The molecule has 116 valence electrons. The molecular formula is C11H9F3N6O2. The SMILES string of the molecule is CC(O)(CN=[N+]=[N-])C(=O)Nc1cnc(C#N)c(C(F)(F)F)c1. The van der Waals surface area contributed by atoms with Crippen LogP contribution in [0.3, 0.4) is 0 Å². The zero-order valence-electron chi connectivity index (χ0n) is 11.1. The molecule has 1 aromatic heterocycles. The largest absolute Gasteiger partial charge is 0.419 e. The average Bonchev–Trinajstić information content (AvgIpc) is 2.44. The normalized spacial score (nSPS) is 13.5. The fourth-order valence-electron chi connectivity index (χ4n) is 1.35. The van der Waals surface area contributed by atoms with E-state index in [9.17, 15) is 23.1 Å². The van der Waals surface area contributed by atoms with E-state index >= 15 is 0 Å². The second-order valence-electron chi connectivity index (χ2n) is 4.35. The number of azide groups is 1. The first-order valence-corrected chi connectivity index (χ1v) is 5.64. The molecule has 0 radical (unpaired) electrons. The quantitative estimate of drug-likeness (QED) is 0.499. The monoisotopic (exact) mass is 314 g/mol. The summed E-state index contributed by atoms with van der Waals surface area (Å²) in [5.74, 6) is -1.08. The van der Waals surface area contributed by atoms with E-state index in [1.54, 1.807) is 0 Å². The molecule has 1 aromatic rings. The highest BCUT2D eigenvalue weighted by atomic mass is 19.4. The van der Waals surface area contributed by atoms with Gasteiger partial charge < -0.3 is 10.4 Å². The van der Waals surface area contributed by atoms with Gasteiger partial charge in [0, 0.05) is 4.91 Å². The summed E-state index contributed by atoms with van der Waals surface area (Å²) in [4.78, 5) is 17.4. The molecule has 0 saturated heterocycles. The molecule has 0 aliphatic carbocycles. The summed E-state index contributed by atoms with van der Waals surface area (Å²) in [6.07, 6.45) is -3.98. The molecule has 0 spiro atoms. The average molecular weight is 314 g/mol. The number of carbonyl (C=O) groups excluding carboxylic acids is 1. The first kappa shape index (κ1) is 17.2. The number of pyridine rings is 1. The van der Waals surface area contributed by atoms with E-state index in [0.29, 0.717) is 6.07 Å². The van der Waals surface area contributed by atoms with E-state index in [2.05, 4.69) is 15.0 Å². The van der Waals surface area contributed by atoms with Crippen LogP contribution in [-0.2, 0) is 11.0 Å². The third kappa shape index (κ3) is 4.08. The molecule has 0 aromatic carbocycles. The number of alkyl halides is 3. The highest BCUT2D eigenvalue weighted by molar-refractivity contribution is 5.97. The van der Waals surface area contributed by atoms with Crippen molar-refractivity contribution in [2.45, 2.75) is 18.7 Å². The number of hydrogen-bond donors (Lipinski definition) is 2. The third-order valence-electron chi connectivity index (χ3n) is 2.49. The molecular weight excluding hydrogens is 305 g/mol. The number of nitrogens with one attached hydrogen (secondary N) is 1. The summed E-state index contributed by atoms with van der Waals surface area (Å²) >= 11 is 0. The maximum absolute atomic E-state index is 12.7. The minimum atomic E-state index is -4.83. The van der Waals surface area contributed by atoms with Gasteiger partial charge in [0.25, 0.3) is 5.91 Å². The summed E-state index contributed by atoms with van der Waals surface area (Å²) in [6, 6.07) is 1.81. The summed E-state index contributed by atoms with van der Waals surface area (Å²) in [5.41, 5.74) is 3.50. The molecule has 1 rings (SSSR count). The van der Waals surface area contributed by atoms with Crippen molar-refractivity contribution in [1.29, 1.82) is 5.26 Å². The molecule has 2 N–H and O–H groups in total. The van der Waals surface area contributed by atoms with Crippen LogP contribution in [-0.4, -0.2) is 28.1 Å². The van der Waals surface area contributed by atoms with Gasteiger partial charge in [-0.1, -0.05) is 5.11 Å². The van der Waals surface area contributed by atoms with Crippen molar-refractivity contribution in [2.75, 3.05) is 11.9 Å². The molecule has 1 unspecified atom stereocenters. The number of aliphatic hydroxyl groups is 1. The Kier molecular flexibility index (Phi) is 4.93. The highest BCUT2D eigenvalue weighted by Gasteiger charge is 2.35. The van der Waals surface area contributed by atoms with Gasteiger partial charge >= 0.3 is 6.18 Å². The molecule has 0 aliphatic rings. The number of carbonyl (C=O) groups is 1. The Morgan fingerprint density at radius 1 is 1.64 bits per heavy atom. The first-order chi connectivity index (χ1) is 10.1. The number of hydrogen-bond acceptors (Lipinski definition) is 5.